The molecule has 0 fully saturated rings. The van der Waals surface area contributed by atoms with Crippen molar-refractivity contribution in [1.29, 1.82) is 0 Å². The third kappa shape index (κ3) is 4.07. The molecular formula is C22H26FNO3. The molecule has 3 rings (SSSR count). The van der Waals surface area contributed by atoms with E-state index in [1.807, 2.05) is 31.2 Å². The number of carboxylic acid groups (broad SMARTS) is 1. The summed E-state index contributed by atoms with van der Waals surface area (Å²) < 4.78 is 19.7. The van der Waals surface area contributed by atoms with E-state index in [2.05, 4.69) is 19.2 Å². The zero-order chi connectivity index (χ0) is 19.6. The summed E-state index contributed by atoms with van der Waals surface area (Å²) in [6.45, 7) is 6.62. The first-order valence-corrected chi connectivity index (χ1v) is 9.37. The predicted molar refractivity (Wildman–Crippen MR) is 104 cm³/mol. The fourth-order valence-corrected chi connectivity index (χ4v) is 3.71. The Labute approximate surface area is 159 Å². The van der Waals surface area contributed by atoms with Gasteiger partial charge in [-0.2, -0.15) is 0 Å². The fourth-order valence-electron chi connectivity index (χ4n) is 3.71. The molecule has 0 aliphatic heterocycles. The Morgan fingerprint density at radius 3 is 2.63 bits per heavy atom. The number of hydrogen-bond acceptors (Lipinski definition) is 2. The number of benzene rings is 2. The second-order valence-electron chi connectivity index (χ2n) is 7.78. The van der Waals surface area contributed by atoms with E-state index >= 15 is 0 Å². The molecule has 0 bridgehead atoms. The first-order chi connectivity index (χ1) is 12.8. The number of fused-ring (bicyclic) bond motifs is 1. The van der Waals surface area contributed by atoms with Crippen LogP contribution in [-0.4, -0.2) is 17.8 Å². The Kier molecular flexibility index (Phi) is 5.40. The molecule has 0 saturated carbocycles. The average molecular weight is 371 g/mol. The van der Waals surface area contributed by atoms with Crippen LogP contribution in [0.5, 0.6) is 5.75 Å². The van der Waals surface area contributed by atoms with Crippen LogP contribution in [0.25, 0.3) is 11.1 Å². The highest BCUT2D eigenvalue weighted by molar-refractivity contribution is 5.68. The van der Waals surface area contributed by atoms with Crippen molar-refractivity contribution in [1.82, 2.24) is 5.32 Å². The zero-order valence-electron chi connectivity index (χ0n) is 16.0. The molecule has 1 unspecified atom stereocenters. The molecule has 4 nitrogen and oxygen atoms in total. The highest BCUT2D eigenvalue weighted by atomic mass is 19.1. The van der Waals surface area contributed by atoms with E-state index in [4.69, 9.17) is 4.74 Å². The molecule has 0 aromatic heterocycles. The molecule has 1 aliphatic carbocycles. The summed E-state index contributed by atoms with van der Waals surface area (Å²) in [7, 11) is 0. The van der Waals surface area contributed by atoms with Gasteiger partial charge in [-0.3, -0.25) is 0 Å². The maximum atomic E-state index is 14.3. The summed E-state index contributed by atoms with van der Waals surface area (Å²) in [5, 5.41) is 11.9. The number of aryl methyl sites for hydroxylation is 1. The third-order valence-corrected chi connectivity index (χ3v) is 5.27. The first kappa shape index (κ1) is 19.2. The summed E-state index contributed by atoms with van der Waals surface area (Å²) >= 11 is 0. The SMILES string of the molecule is CCCOc1ccc(-c2ccc3c(c2)CCC(C)(C)C3NC(=O)O)cc1F. The van der Waals surface area contributed by atoms with Crippen LogP contribution in [0.1, 0.15) is 50.8 Å². The second-order valence-corrected chi connectivity index (χ2v) is 7.78. The Morgan fingerprint density at radius 2 is 1.96 bits per heavy atom. The molecule has 144 valence electrons. The van der Waals surface area contributed by atoms with Crippen LogP contribution in [-0.2, 0) is 6.42 Å². The van der Waals surface area contributed by atoms with Gasteiger partial charge in [0.05, 0.1) is 12.6 Å². The topological polar surface area (TPSA) is 58.6 Å². The first-order valence-electron chi connectivity index (χ1n) is 9.37. The lowest BCUT2D eigenvalue weighted by Gasteiger charge is -2.40. The van der Waals surface area contributed by atoms with Crippen molar-refractivity contribution in [2.45, 2.75) is 46.1 Å². The fraction of sp³-hybridized carbons (Fsp3) is 0.409. The number of carbonyl (C=O) groups is 1. The van der Waals surface area contributed by atoms with Crippen molar-refractivity contribution in [2.75, 3.05) is 6.61 Å². The van der Waals surface area contributed by atoms with E-state index in [9.17, 15) is 14.3 Å². The predicted octanol–water partition coefficient (Wildman–Crippen LogP) is 5.56. The van der Waals surface area contributed by atoms with Gasteiger partial charge in [0, 0.05) is 0 Å². The van der Waals surface area contributed by atoms with Crippen molar-refractivity contribution < 1.29 is 19.0 Å². The molecule has 2 N–H and O–H groups in total. The normalized spacial score (nSPS) is 17.9. The van der Waals surface area contributed by atoms with Crippen LogP contribution in [0, 0.1) is 11.2 Å². The van der Waals surface area contributed by atoms with E-state index in [0.29, 0.717) is 6.61 Å². The standard InChI is InChI=1S/C22H26FNO3/c1-4-11-27-19-8-6-15(13-18(19)23)14-5-7-17-16(12-14)9-10-22(2,3)20(17)24-21(25)26/h5-8,12-13,20,24H,4,9-11H2,1-3H3,(H,25,26). The lowest BCUT2D eigenvalue weighted by molar-refractivity contribution is 0.161. The molecule has 2 aromatic rings. The number of hydrogen-bond donors (Lipinski definition) is 2. The summed E-state index contributed by atoms with van der Waals surface area (Å²) in [5.74, 6) is -0.101. The van der Waals surface area contributed by atoms with Crippen LogP contribution in [0.15, 0.2) is 36.4 Å². The van der Waals surface area contributed by atoms with Crippen LogP contribution < -0.4 is 10.1 Å². The minimum absolute atomic E-state index is 0.155. The van der Waals surface area contributed by atoms with Crippen LogP contribution in [0.3, 0.4) is 0 Å². The van der Waals surface area contributed by atoms with Crippen LogP contribution in [0.4, 0.5) is 9.18 Å². The molecule has 2 aromatic carbocycles. The van der Waals surface area contributed by atoms with E-state index in [1.54, 1.807) is 6.07 Å². The molecule has 5 heteroatoms. The van der Waals surface area contributed by atoms with E-state index in [1.165, 1.54) is 6.07 Å². The van der Waals surface area contributed by atoms with Gasteiger partial charge in [0.2, 0.25) is 0 Å². The summed E-state index contributed by atoms with van der Waals surface area (Å²) in [4.78, 5) is 11.2. The highest BCUT2D eigenvalue weighted by Crippen LogP contribution is 2.44. The van der Waals surface area contributed by atoms with Crippen molar-refractivity contribution >= 4 is 6.09 Å². The van der Waals surface area contributed by atoms with E-state index in [-0.39, 0.29) is 23.0 Å². The molecule has 27 heavy (non-hydrogen) atoms. The lowest BCUT2D eigenvalue weighted by Crippen LogP contribution is -2.40. The van der Waals surface area contributed by atoms with Crippen molar-refractivity contribution in [3.63, 3.8) is 0 Å². The summed E-state index contributed by atoms with van der Waals surface area (Å²) in [6, 6.07) is 10.7. The number of nitrogens with one attached hydrogen (secondary N) is 1. The van der Waals surface area contributed by atoms with Crippen molar-refractivity contribution in [3.8, 4) is 16.9 Å². The van der Waals surface area contributed by atoms with E-state index in [0.717, 1.165) is 41.5 Å². The highest BCUT2D eigenvalue weighted by Gasteiger charge is 2.37. The molecule has 0 spiro atoms. The Bertz CT molecular complexity index is 847. The number of rotatable bonds is 5. The Balaban J connectivity index is 1.92. The van der Waals surface area contributed by atoms with Gasteiger partial charge in [0.15, 0.2) is 11.6 Å². The molecule has 0 heterocycles. The molecular weight excluding hydrogens is 345 g/mol. The Hall–Kier alpha value is -2.56. The largest absolute Gasteiger partial charge is 0.491 e. The van der Waals surface area contributed by atoms with Gasteiger partial charge in [-0.1, -0.05) is 45.0 Å². The Morgan fingerprint density at radius 1 is 1.26 bits per heavy atom. The van der Waals surface area contributed by atoms with Gasteiger partial charge >= 0.3 is 6.09 Å². The summed E-state index contributed by atoms with van der Waals surface area (Å²) in [5.41, 5.74) is 3.66. The maximum Gasteiger partial charge on any atom is 0.405 e. The monoisotopic (exact) mass is 371 g/mol. The van der Waals surface area contributed by atoms with Crippen molar-refractivity contribution in [2.24, 2.45) is 5.41 Å². The van der Waals surface area contributed by atoms with Gasteiger partial charge in [-0.15, -0.1) is 0 Å². The number of amides is 1. The third-order valence-electron chi connectivity index (χ3n) is 5.27. The number of halogens is 1. The summed E-state index contributed by atoms with van der Waals surface area (Å²) in [6.07, 6.45) is 1.56. The zero-order valence-corrected chi connectivity index (χ0v) is 16.0. The van der Waals surface area contributed by atoms with Gasteiger partial charge in [-0.05, 0) is 59.1 Å². The molecule has 0 radical (unpaired) electrons. The molecule has 1 atom stereocenters. The quantitative estimate of drug-likeness (QED) is 0.723. The second kappa shape index (κ2) is 7.59. The lowest BCUT2D eigenvalue weighted by atomic mass is 9.70. The van der Waals surface area contributed by atoms with Gasteiger partial charge < -0.3 is 15.2 Å². The molecule has 0 saturated heterocycles. The van der Waals surface area contributed by atoms with Crippen LogP contribution in [0.2, 0.25) is 0 Å². The minimum atomic E-state index is -1.02. The minimum Gasteiger partial charge on any atom is -0.491 e. The average Bonchev–Trinajstić information content (AvgIpc) is 2.62. The number of ether oxygens (including phenoxy) is 1. The van der Waals surface area contributed by atoms with E-state index < -0.39 is 6.09 Å². The maximum absolute atomic E-state index is 14.3. The molecule has 1 amide bonds. The van der Waals surface area contributed by atoms with Crippen molar-refractivity contribution in [3.05, 3.63) is 53.3 Å². The van der Waals surface area contributed by atoms with Gasteiger partial charge in [-0.25, -0.2) is 9.18 Å². The molecule has 1 aliphatic rings. The smallest absolute Gasteiger partial charge is 0.405 e. The van der Waals surface area contributed by atoms with Gasteiger partial charge in [0.1, 0.15) is 0 Å². The van der Waals surface area contributed by atoms with Crippen LogP contribution >= 0.6 is 0 Å². The van der Waals surface area contributed by atoms with Gasteiger partial charge in [0.25, 0.3) is 0 Å².